The lowest BCUT2D eigenvalue weighted by Crippen LogP contribution is -2.23. The van der Waals surface area contributed by atoms with Gasteiger partial charge in [-0.2, -0.15) is 0 Å². The molecule has 1 aliphatic rings. The fourth-order valence-electron chi connectivity index (χ4n) is 4.71. The predicted octanol–water partition coefficient (Wildman–Crippen LogP) is 6.04. The lowest BCUT2D eigenvalue weighted by molar-refractivity contribution is -0.116. The Labute approximate surface area is 201 Å². The number of carbonyl (C=O) groups excluding carboxylic acids is 2. The van der Waals surface area contributed by atoms with Crippen LogP contribution < -0.4 is 4.74 Å². The van der Waals surface area contributed by atoms with Gasteiger partial charge in [-0.1, -0.05) is 30.9 Å². The number of aliphatic hydroxyl groups is 1. The van der Waals surface area contributed by atoms with E-state index in [1.54, 1.807) is 20.1 Å². The number of benzene rings is 2. The molecule has 180 valence electrons. The molecule has 1 fully saturated rings. The number of hydrogen-bond acceptors (Lipinski definition) is 4. The molecule has 5 heteroatoms. The Morgan fingerprint density at radius 3 is 2.32 bits per heavy atom. The van der Waals surface area contributed by atoms with E-state index in [1.807, 2.05) is 31.2 Å². The van der Waals surface area contributed by atoms with E-state index in [4.69, 9.17) is 4.74 Å². The van der Waals surface area contributed by atoms with Gasteiger partial charge in [0, 0.05) is 6.42 Å². The zero-order valence-electron chi connectivity index (χ0n) is 20.2. The zero-order chi connectivity index (χ0) is 24.8. The number of hydrogen-bond donors (Lipinski definition) is 1. The van der Waals surface area contributed by atoms with Gasteiger partial charge < -0.3 is 9.84 Å². The third-order valence-corrected chi connectivity index (χ3v) is 6.64. The van der Waals surface area contributed by atoms with Crippen LogP contribution >= 0.6 is 0 Å². The van der Waals surface area contributed by atoms with Crippen LogP contribution in [0.4, 0.5) is 4.39 Å². The molecule has 2 aromatic carbocycles. The first kappa shape index (κ1) is 25.6. The van der Waals surface area contributed by atoms with E-state index >= 15 is 4.39 Å². The standard InChI is InChI=1S/C29H33FO4/c1-5-24(26(32)17-21-7-11-22(31)12-8-21)29(33)28-25(30)15-6-18(2)27(28)19(3)16-20-9-13-23(34-4)14-10-20/h5-6,9-10,13-15,21-22,31H,3,7-8,11-12,16-17H2,1-2,4H3/b24-5-. The molecule has 1 N–H and O–H groups in total. The number of ketones is 2. The smallest absolute Gasteiger partial charge is 0.199 e. The highest BCUT2D eigenvalue weighted by Crippen LogP contribution is 2.32. The number of Topliss-reactive ketones (excluding diaryl/α,β-unsaturated/α-hetero) is 2. The summed E-state index contributed by atoms with van der Waals surface area (Å²) < 4.78 is 20.3. The molecule has 1 saturated carbocycles. The van der Waals surface area contributed by atoms with Crippen molar-refractivity contribution in [1.29, 1.82) is 0 Å². The van der Waals surface area contributed by atoms with E-state index in [1.165, 1.54) is 12.1 Å². The van der Waals surface area contributed by atoms with Crippen LogP contribution in [0.5, 0.6) is 5.75 Å². The Hall–Kier alpha value is -3.05. The van der Waals surface area contributed by atoms with Gasteiger partial charge in [0.25, 0.3) is 0 Å². The second-order valence-corrected chi connectivity index (χ2v) is 9.08. The number of methoxy groups -OCH3 is 1. The lowest BCUT2D eigenvalue weighted by Gasteiger charge is -2.25. The molecular formula is C29H33FO4. The Morgan fingerprint density at radius 2 is 1.74 bits per heavy atom. The van der Waals surface area contributed by atoms with Crippen LogP contribution in [0.15, 0.2) is 54.6 Å². The van der Waals surface area contributed by atoms with Crippen molar-refractivity contribution >= 4 is 17.1 Å². The maximum absolute atomic E-state index is 15.1. The summed E-state index contributed by atoms with van der Waals surface area (Å²) >= 11 is 0. The minimum Gasteiger partial charge on any atom is -0.497 e. The maximum Gasteiger partial charge on any atom is 0.199 e. The van der Waals surface area contributed by atoms with Crippen LogP contribution in [0.1, 0.15) is 66.1 Å². The molecule has 0 aromatic heterocycles. The summed E-state index contributed by atoms with van der Waals surface area (Å²) in [5.41, 5.74) is 2.65. The molecule has 4 nitrogen and oxygen atoms in total. The summed E-state index contributed by atoms with van der Waals surface area (Å²) in [7, 11) is 1.60. The van der Waals surface area contributed by atoms with Gasteiger partial charge in [-0.3, -0.25) is 9.59 Å². The van der Waals surface area contributed by atoms with Crippen LogP contribution in [0.3, 0.4) is 0 Å². The normalized spacial score (nSPS) is 18.4. The summed E-state index contributed by atoms with van der Waals surface area (Å²) in [5.74, 6) is -0.673. The largest absolute Gasteiger partial charge is 0.497 e. The summed E-state index contributed by atoms with van der Waals surface area (Å²) in [6, 6.07) is 10.4. The predicted molar refractivity (Wildman–Crippen MR) is 133 cm³/mol. The van der Waals surface area contributed by atoms with Crippen molar-refractivity contribution in [2.24, 2.45) is 5.92 Å². The van der Waals surface area contributed by atoms with Crippen molar-refractivity contribution in [3.8, 4) is 5.75 Å². The quantitative estimate of drug-likeness (QED) is 0.213. The van der Waals surface area contributed by atoms with E-state index in [-0.39, 0.29) is 35.4 Å². The SMILES string of the molecule is C=C(Cc1ccc(OC)cc1)c1c(C)ccc(F)c1C(=O)/C(=C\C)C(=O)CC1CCC(O)CC1. The molecule has 3 rings (SSSR count). The van der Waals surface area contributed by atoms with Gasteiger partial charge in [0.05, 0.1) is 24.4 Å². The highest BCUT2D eigenvalue weighted by atomic mass is 19.1. The molecule has 2 aromatic rings. The molecule has 0 saturated heterocycles. The van der Waals surface area contributed by atoms with Crippen LogP contribution in [0, 0.1) is 18.7 Å². The van der Waals surface area contributed by atoms with Gasteiger partial charge in [-0.15, -0.1) is 0 Å². The molecule has 0 aliphatic heterocycles. The fraction of sp³-hybridized carbons (Fsp3) is 0.379. The molecule has 1 aliphatic carbocycles. The molecule has 0 spiro atoms. The van der Waals surface area contributed by atoms with Crippen molar-refractivity contribution in [3.63, 3.8) is 0 Å². The number of aliphatic hydroxyl groups excluding tert-OH is 1. The summed E-state index contributed by atoms with van der Waals surface area (Å²) in [6.45, 7) is 7.61. The number of rotatable bonds is 9. The number of ether oxygens (including phenoxy) is 1. The van der Waals surface area contributed by atoms with Gasteiger partial charge in [0.2, 0.25) is 0 Å². The van der Waals surface area contributed by atoms with Crippen molar-refractivity contribution < 1.29 is 23.8 Å². The Morgan fingerprint density at radius 1 is 1.09 bits per heavy atom. The van der Waals surface area contributed by atoms with E-state index in [0.29, 0.717) is 30.4 Å². The highest BCUT2D eigenvalue weighted by Gasteiger charge is 2.29. The van der Waals surface area contributed by atoms with Gasteiger partial charge >= 0.3 is 0 Å². The number of carbonyl (C=O) groups is 2. The first-order valence-corrected chi connectivity index (χ1v) is 11.8. The summed E-state index contributed by atoms with van der Waals surface area (Å²) in [6.07, 6.45) is 4.67. The third-order valence-electron chi connectivity index (χ3n) is 6.64. The topological polar surface area (TPSA) is 63.6 Å². The Balaban J connectivity index is 1.87. The molecular weight excluding hydrogens is 431 g/mol. The minimum atomic E-state index is -0.658. The van der Waals surface area contributed by atoms with Gasteiger partial charge in [-0.25, -0.2) is 4.39 Å². The number of aryl methyl sites for hydroxylation is 1. The van der Waals surface area contributed by atoms with Gasteiger partial charge in [-0.05, 0) is 92.3 Å². The first-order chi connectivity index (χ1) is 16.2. The van der Waals surface area contributed by atoms with E-state index in [2.05, 4.69) is 6.58 Å². The maximum atomic E-state index is 15.1. The third kappa shape index (κ3) is 5.89. The molecule has 0 bridgehead atoms. The monoisotopic (exact) mass is 464 g/mol. The Bertz CT molecular complexity index is 1090. The van der Waals surface area contributed by atoms with Crippen LogP contribution in [-0.4, -0.2) is 29.9 Å². The van der Waals surface area contributed by atoms with Crippen LogP contribution in [0.2, 0.25) is 0 Å². The average molecular weight is 465 g/mol. The molecule has 34 heavy (non-hydrogen) atoms. The summed E-state index contributed by atoms with van der Waals surface area (Å²) in [5, 5.41) is 9.72. The lowest BCUT2D eigenvalue weighted by atomic mass is 9.81. The summed E-state index contributed by atoms with van der Waals surface area (Å²) in [4.78, 5) is 26.6. The number of allylic oxidation sites excluding steroid dienone is 3. The minimum absolute atomic E-state index is 0.00844. The van der Waals surface area contributed by atoms with Gasteiger partial charge in [0.15, 0.2) is 11.6 Å². The Kier molecular flexibility index (Phi) is 8.56. The highest BCUT2D eigenvalue weighted by molar-refractivity contribution is 6.27. The number of halogens is 1. The van der Waals surface area contributed by atoms with Crippen molar-refractivity contribution in [3.05, 3.63) is 82.7 Å². The molecule has 0 unspecified atom stereocenters. The fourth-order valence-corrected chi connectivity index (χ4v) is 4.71. The van der Waals surface area contributed by atoms with E-state index in [9.17, 15) is 14.7 Å². The molecule has 0 amide bonds. The van der Waals surface area contributed by atoms with Crippen LogP contribution in [-0.2, 0) is 11.2 Å². The molecule has 0 heterocycles. The zero-order valence-corrected chi connectivity index (χ0v) is 20.2. The second-order valence-electron chi connectivity index (χ2n) is 9.08. The van der Waals surface area contributed by atoms with E-state index in [0.717, 1.165) is 29.7 Å². The molecule has 0 radical (unpaired) electrons. The second kappa shape index (κ2) is 11.4. The molecule has 0 atom stereocenters. The van der Waals surface area contributed by atoms with Gasteiger partial charge in [0.1, 0.15) is 11.6 Å². The van der Waals surface area contributed by atoms with Crippen LogP contribution in [0.25, 0.3) is 5.57 Å². The van der Waals surface area contributed by atoms with Crippen molar-refractivity contribution in [2.45, 2.75) is 58.5 Å². The van der Waals surface area contributed by atoms with E-state index < -0.39 is 11.6 Å². The van der Waals surface area contributed by atoms with Crippen molar-refractivity contribution in [2.75, 3.05) is 7.11 Å². The van der Waals surface area contributed by atoms with Crippen molar-refractivity contribution in [1.82, 2.24) is 0 Å². The first-order valence-electron chi connectivity index (χ1n) is 11.8. The average Bonchev–Trinajstić information content (AvgIpc) is 2.82.